The van der Waals surface area contributed by atoms with Crippen molar-refractivity contribution in [2.24, 2.45) is 0 Å². The van der Waals surface area contributed by atoms with Crippen LogP contribution >= 0.6 is 0 Å². The van der Waals surface area contributed by atoms with E-state index in [1.54, 1.807) is 14.2 Å². The van der Waals surface area contributed by atoms with E-state index in [1.165, 1.54) is 0 Å². The summed E-state index contributed by atoms with van der Waals surface area (Å²) >= 11 is 0. The second-order valence-electron chi connectivity index (χ2n) is 4.10. The predicted octanol–water partition coefficient (Wildman–Crippen LogP) is 3.46. The molecule has 2 aromatic carbocycles. The summed E-state index contributed by atoms with van der Waals surface area (Å²) in [6, 6.07) is 13.4. The fourth-order valence-electron chi connectivity index (χ4n) is 1.73. The van der Waals surface area contributed by atoms with Gasteiger partial charge in [-0.25, -0.2) is 0 Å². The quantitative estimate of drug-likeness (QED) is 0.672. The van der Waals surface area contributed by atoms with Crippen LogP contribution in [0.1, 0.15) is 11.1 Å². The summed E-state index contributed by atoms with van der Waals surface area (Å²) in [5.74, 6) is 1.64. The molecule has 3 heteroatoms. The first-order valence-corrected chi connectivity index (χ1v) is 5.98. The maximum absolute atomic E-state index is 5.93. The second kappa shape index (κ2) is 5.96. The summed E-state index contributed by atoms with van der Waals surface area (Å²) < 4.78 is 10.3. The van der Waals surface area contributed by atoms with E-state index in [-0.39, 0.29) is 0 Å². The number of rotatable bonds is 4. The lowest BCUT2D eigenvalue weighted by atomic mass is 10.1. The van der Waals surface area contributed by atoms with Crippen molar-refractivity contribution in [2.45, 2.75) is 0 Å². The van der Waals surface area contributed by atoms with E-state index in [0.717, 1.165) is 28.3 Å². The van der Waals surface area contributed by atoms with Crippen LogP contribution in [-0.4, -0.2) is 14.2 Å². The highest BCUT2D eigenvalue weighted by Crippen LogP contribution is 2.22. The Morgan fingerprint density at radius 3 is 2.11 bits per heavy atom. The molecule has 0 radical (unpaired) electrons. The number of nitrogen functional groups attached to an aromatic ring is 1. The van der Waals surface area contributed by atoms with Crippen LogP contribution in [0.4, 0.5) is 5.69 Å². The molecule has 3 nitrogen and oxygen atoms in total. The largest absolute Gasteiger partial charge is 0.497 e. The molecule has 0 atom stereocenters. The number of ether oxygens (including phenoxy) is 2. The lowest BCUT2D eigenvalue weighted by Crippen LogP contribution is -1.90. The Morgan fingerprint density at radius 1 is 0.842 bits per heavy atom. The molecule has 0 spiro atoms. The van der Waals surface area contributed by atoms with Crippen LogP contribution < -0.4 is 15.2 Å². The highest BCUT2D eigenvalue weighted by Gasteiger charge is 1.98. The van der Waals surface area contributed by atoms with Crippen LogP contribution in [0.15, 0.2) is 42.5 Å². The van der Waals surface area contributed by atoms with Gasteiger partial charge in [-0.1, -0.05) is 24.3 Å². The topological polar surface area (TPSA) is 44.5 Å². The Morgan fingerprint density at radius 2 is 1.47 bits per heavy atom. The third kappa shape index (κ3) is 3.28. The first-order chi connectivity index (χ1) is 9.22. The van der Waals surface area contributed by atoms with Crippen LogP contribution in [0.5, 0.6) is 11.5 Å². The number of anilines is 1. The normalized spacial score (nSPS) is 10.6. The standard InChI is InChI=1S/C16H17NO2/c1-18-14-7-4-12(5-8-14)3-6-13-11-15(19-2)9-10-16(13)17/h3-11H,17H2,1-2H3/b6-3-. The Labute approximate surface area is 113 Å². The van der Waals surface area contributed by atoms with Gasteiger partial charge in [-0.15, -0.1) is 0 Å². The van der Waals surface area contributed by atoms with Crippen LogP contribution in [0, 0.1) is 0 Å². The third-order valence-electron chi connectivity index (χ3n) is 2.87. The molecule has 0 aliphatic heterocycles. The lowest BCUT2D eigenvalue weighted by Gasteiger charge is -2.04. The molecule has 0 bridgehead atoms. The first kappa shape index (κ1) is 13.0. The van der Waals surface area contributed by atoms with Crippen LogP contribution in [-0.2, 0) is 0 Å². The summed E-state index contributed by atoms with van der Waals surface area (Å²) in [6.07, 6.45) is 3.98. The van der Waals surface area contributed by atoms with E-state index in [4.69, 9.17) is 15.2 Å². The van der Waals surface area contributed by atoms with Crippen molar-refractivity contribution in [3.05, 3.63) is 53.6 Å². The van der Waals surface area contributed by atoms with E-state index in [2.05, 4.69) is 0 Å². The van der Waals surface area contributed by atoms with E-state index in [9.17, 15) is 0 Å². The third-order valence-corrected chi connectivity index (χ3v) is 2.87. The van der Waals surface area contributed by atoms with Gasteiger partial charge < -0.3 is 15.2 Å². The van der Waals surface area contributed by atoms with Gasteiger partial charge in [0.2, 0.25) is 0 Å². The number of benzene rings is 2. The first-order valence-electron chi connectivity index (χ1n) is 5.98. The van der Waals surface area contributed by atoms with Gasteiger partial charge in [0.1, 0.15) is 11.5 Å². The van der Waals surface area contributed by atoms with Crippen LogP contribution in [0.25, 0.3) is 12.2 Å². The summed E-state index contributed by atoms with van der Waals surface area (Å²) in [4.78, 5) is 0. The average molecular weight is 255 g/mol. The van der Waals surface area contributed by atoms with E-state index in [1.807, 2.05) is 54.6 Å². The highest BCUT2D eigenvalue weighted by molar-refractivity contribution is 5.76. The molecule has 98 valence electrons. The Hall–Kier alpha value is -2.42. The smallest absolute Gasteiger partial charge is 0.119 e. The van der Waals surface area contributed by atoms with Crippen molar-refractivity contribution in [3.63, 3.8) is 0 Å². The van der Waals surface area contributed by atoms with Gasteiger partial charge in [0, 0.05) is 11.3 Å². The molecule has 0 aromatic heterocycles. The minimum atomic E-state index is 0.727. The van der Waals surface area contributed by atoms with Crippen molar-refractivity contribution in [1.29, 1.82) is 0 Å². The molecule has 2 aromatic rings. The Balaban J connectivity index is 2.21. The molecule has 2 rings (SSSR count). The number of methoxy groups -OCH3 is 2. The molecule has 0 saturated carbocycles. The predicted molar refractivity (Wildman–Crippen MR) is 79.3 cm³/mol. The molecular weight excluding hydrogens is 238 g/mol. The van der Waals surface area contributed by atoms with Gasteiger partial charge in [-0.3, -0.25) is 0 Å². The summed E-state index contributed by atoms with van der Waals surface area (Å²) in [7, 11) is 3.30. The van der Waals surface area contributed by atoms with E-state index in [0.29, 0.717) is 0 Å². The SMILES string of the molecule is COc1ccc(/C=C\c2cc(OC)ccc2N)cc1. The summed E-state index contributed by atoms with van der Waals surface area (Å²) in [5, 5.41) is 0. The maximum Gasteiger partial charge on any atom is 0.119 e. The van der Waals surface area contributed by atoms with Crippen molar-refractivity contribution in [3.8, 4) is 11.5 Å². The maximum atomic E-state index is 5.93. The van der Waals surface area contributed by atoms with Crippen LogP contribution in [0.3, 0.4) is 0 Å². The van der Waals surface area contributed by atoms with Gasteiger partial charge in [0.25, 0.3) is 0 Å². The number of hydrogen-bond acceptors (Lipinski definition) is 3. The molecule has 0 unspecified atom stereocenters. The van der Waals surface area contributed by atoms with Crippen molar-refractivity contribution in [1.82, 2.24) is 0 Å². The minimum absolute atomic E-state index is 0.727. The minimum Gasteiger partial charge on any atom is -0.497 e. The van der Waals surface area contributed by atoms with Gasteiger partial charge >= 0.3 is 0 Å². The molecule has 19 heavy (non-hydrogen) atoms. The zero-order valence-corrected chi connectivity index (χ0v) is 11.1. The van der Waals surface area contributed by atoms with E-state index < -0.39 is 0 Å². The molecule has 0 heterocycles. The van der Waals surface area contributed by atoms with E-state index >= 15 is 0 Å². The highest BCUT2D eigenvalue weighted by atomic mass is 16.5. The van der Waals surface area contributed by atoms with Gasteiger partial charge in [-0.05, 0) is 35.9 Å². The molecule has 0 amide bonds. The summed E-state index contributed by atoms with van der Waals surface area (Å²) in [5.41, 5.74) is 8.68. The van der Waals surface area contributed by atoms with Gasteiger partial charge in [0.15, 0.2) is 0 Å². The molecule has 0 aliphatic rings. The zero-order valence-electron chi connectivity index (χ0n) is 11.1. The fourth-order valence-corrected chi connectivity index (χ4v) is 1.73. The van der Waals surface area contributed by atoms with Crippen molar-refractivity contribution >= 4 is 17.8 Å². The second-order valence-corrected chi connectivity index (χ2v) is 4.10. The molecule has 0 fully saturated rings. The van der Waals surface area contributed by atoms with Crippen molar-refractivity contribution < 1.29 is 9.47 Å². The fraction of sp³-hybridized carbons (Fsp3) is 0.125. The molecule has 0 saturated heterocycles. The van der Waals surface area contributed by atoms with Gasteiger partial charge in [-0.2, -0.15) is 0 Å². The number of nitrogens with two attached hydrogens (primary N) is 1. The zero-order chi connectivity index (χ0) is 13.7. The van der Waals surface area contributed by atoms with Crippen molar-refractivity contribution in [2.75, 3.05) is 20.0 Å². The van der Waals surface area contributed by atoms with Crippen LogP contribution in [0.2, 0.25) is 0 Å². The van der Waals surface area contributed by atoms with Gasteiger partial charge in [0.05, 0.1) is 14.2 Å². The molecule has 0 aliphatic carbocycles. The average Bonchev–Trinajstić information content (AvgIpc) is 2.47. The Kier molecular flexibility index (Phi) is 4.08. The molecular formula is C16H17NO2. The monoisotopic (exact) mass is 255 g/mol. The summed E-state index contributed by atoms with van der Waals surface area (Å²) in [6.45, 7) is 0. The lowest BCUT2D eigenvalue weighted by molar-refractivity contribution is 0.414. The number of hydrogen-bond donors (Lipinski definition) is 1. The molecule has 2 N–H and O–H groups in total. The Bertz CT molecular complexity index is 574.